The van der Waals surface area contributed by atoms with Gasteiger partial charge < -0.3 is 20.4 Å². The second kappa shape index (κ2) is 4.47. The lowest BCUT2D eigenvalue weighted by atomic mass is 9.87. The van der Waals surface area contributed by atoms with Crippen LogP contribution in [0.5, 0.6) is 17.2 Å². The maximum atomic E-state index is 11.9. The van der Waals surface area contributed by atoms with Crippen LogP contribution in [0.25, 0.3) is 5.76 Å². The minimum Gasteiger partial charge on any atom is -0.507 e. The van der Waals surface area contributed by atoms with E-state index in [-0.39, 0.29) is 12.0 Å². The predicted molar refractivity (Wildman–Crippen MR) is 66.7 cm³/mol. The van der Waals surface area contributed by atoms with Crippen molar-refractivity contribution in [2.45, 2.75) is 13.3 Å². The molecule has 0 spiro atoms. The van der Waals surface area contributed by atoms with Gasteiger partial charge in [0.1, 0.15) is 5.75 Å². The highest BCUT2D eigenvalue weighted by Crippen LogP contribution is 2.47. The number of carbonyl (C=O) groups excluding carboxylic acids is 2. The van der Waals surface area contributed by atoms with Gasteiger partial charge in [-0.15, -0.1) is 0 Å². The summed E-state index contributed by atoms with van der Waals surface area (Å²) in [7, 11) is 0. The van der Waals surface area contributed by atoms with Crippen molar-refractivity contribution in [2.24, 2.45) is 0 Å². The average Bonchev–Trinajstić information content (AvgIpc) is 2.40. The van der Waals surface area contributed by atoms with Gasteiger partial charge in [0.25, 0.3) is 0 Å². The number of aliphatic hydroxyl groups excluding tert-OH is 1. The number of benzene rings is 1. The SMILES string of the molecule is CCc1c(O)c(O)c2c(c1O)C(=O)C(=O)C([N+](=O)[O-])=C2O. The number of Topliss-reactive ketones (excluding diaryl/α,β-unsaturated/α-hetero) is 2. The van der Waals surface area contributed by atoms with Gasteiger partial charge in [0, 0.05) is 5.56 Å². The van der Waals surface area contributed by atoms with E-state index in [0.29, 0.717) is 0 Å². The van der Waals surface area contributed by atoms with Crippen LogP contribution in [0.3, 0.4) is 0 Å². The maximum Gasteiger partial charge on any atom is 0.362 e. The molecule has 2 rings (SSSR count). The molecule has 0 saturated heterocycles. The third-order valence-electron chi connectivity index (χ3n) is 3.17. The number of hydrogen-bond acceptors (Lipinski definition) is 8. The summed E-state index contributed by atoms with van der Waals surface area (Å²) in [4.78, 5) is 33.0. The predicted octanol–water partition coefficient (Wildman–Crippen LogP) is 0.634. The molecule has 0 aliphatic heterocycles. The lowest BCUT2D eigenvalue weighted by Gasteiger charge is -2.18. The number of rotatable bonds is 2. The third-order valence-corrected chi connectivity index (χ3v) is 3.17. The smallest absolute Gasteiger partial charge is 0.362 e. The first-order valence-electron chi connectivity index (χ1n) is 5.70. The van der Waals surface area contributed by atoms with Gasteiger partial charge in [0.05, 0.1) is 16.1 Å². The Hall–Kier alpha value is -3.10. The first-order valence-corrected chi connectivity index (χ1v) is 5.70. The zero-order valence-corrected chi connectivity index (χ0v) is 10.6. The van der Waals surface area contributed by atoms with Crippen LogP contribution in [-0.2, 0) is 11.2 Å². The molecule has 1 aromatic carbocycles. The van der Waals surface area contributed by atoms with E-state index in [9.17, 15) is 40.1 Å². The summed E-state index contributed by atoms with van der Waals surface area (Å²) in [6.07, 6.45) is 0.00649. The summed E-state index contributed by atoms with van der Waals surface area (Å²) in [5, 5.41) is 50.0. The summed E-state index contributed by atoms with van der Waals surface area (Å²) in [5.74, 6) is -7.01. The Morgan fingerprint density at radius 3 is 2.00 bits per heavy atom. The molecule has 21 heavy (non-hydrogen) atoms. The van der Waals surface area contributed by atoms with Crippen LogP contribution in [0, 0.1) is 10.1 Å². The van der Waals surface area contributed by atoms with Crippen molar-refractivity contribution < 1.29 is 34.9 Å². The van der Waals surface area contributed by atoms with Crippen LogP contribution in [0.1, 0.15) is 28.4 Å². The molecule has 1 aromatic rings. The Labute approximate surface area is 116 Å². The zero-order valence-electron chi connectivity index (χ0n) is 10.6. The van der Waals surface area contributed by atoms with Crippen LogP contribution in [0.2, 0.25) is 0 Å². The van der Waals surface area contributed by atoms with Gasteiger partial charge in [0.2, 0.25) is 11.5 Å². The summed E-state index contributed by atoms with van der Waals surface area (Å²) in [5.41, 5.74) is -3.25. The lowest BCUT2D eigenvalue weighted by Crippen LogP contribution is -2.28. The monoisotopic (exact) mass is 295 g/mol. The molecule has 9 heteroatoms. The third kappa shape index (κ3) is 1.71. The van der Waals surface area contributed by atoms with Crippen molar-refractivity contribution in [3.05, 3.63) is 32.5 Å². The Morgan fingerprint density at radius 2 is 1.52 bits per heavy atom. The van der Waals surface area contributed by atoms with Crippen molar-refractivity contribution in [2.75, 3.05) is 0 Å². The number of hydrogen-bond donors (Lipinski definition) is 4. The zero-order chi connectivity index (χ0) is 16.1. The van der Waals surface area contributed by atoms with E-state index in [2.05, 4.69) is 0 Å². The number of ketones is 2. The second-order valence-corrected chi connectivity index (χ2v) is 4.24. The number of carbonyl (C=O) groups is 2. The topological polar surface area (TPSA) is 158 Å². The van der Waals surface area contributed by atoms with Gasteiger partial charge in [-0.05, 0) is 6.42 Å². The molecule has 9 nitrogen and oxygen atoms in total. The minimum absolute atomic E-state index is 0.00649. The van der Waals surface area contributed by atoms with E-state index in [1.54, 1.807) is 0 Å². The van der Waals surface area contributed by atoms with Gasteiger partial charge in [-0.1, -0.05) is 6.92 Å². The highest BCUT2D eigenvalue weighted by atomic mass is 16.6. The number of allylic oxidation sites excluding steroid dienone is 1. The molecular weight excluding hydrogens is 286 g/mol. The molecule has 0 heterocycles. The molecule has 0 atom stereocenters. The van der Waals surface area contributed by atoms with E-state index in [1.165, 1.54) is 6.92 Å². The molecule has 4 N–H and O–H groups in total. The summed E-state index contributed by atoms with van der Waals surface area (Å²) < 4.78 is 0. The Bertz CT molecular complexity index is 746. The molecule has 110 valence electrons. The van der Waals surface area contributed by atoms with Crippen LogP contribution >= 0.6 is 0 Å². The fraction of sp³-hybridized carbons (Fsp3) is 0.167. The summed E-state index contributed by atoms with van der Waals surface area (Å²) in [6.45, 7) is 1.49. The fourth-order valence-electron chi connectivity index (χ4n) is 2.16. The lowest BCUT2D eigenvalue weighted by molar-refractivity contribution is -0.418. The maximum absolute atomic E-state index is 11.9. The van der Waals surface area contributed by atoms with Gasteiger partial charge in [0.15, 0.2) is 11.5 Å². The summed E-state index contributed by atoms with van der Waals surface area (Å²) >= 11 is 0. The number of aliphatic hydroxyl groups is 1. The van der Waals surface area contributed by atoms with Gasteiger partial charge in [-0.3, -0.25) is 19.7 Å². The van der Waals surface area contributed by atoms with E-state index < -0.39 is 56.3 Å². The van der Waals surface area contributed by atoms with Gasteiger partial charge in [-0.25, -0.2) is 0 Å². The molecule has 0 amide bonds. The molecule has 0 unspecified atom stereocenters. The fourth-order valence-corrected chi connectivity index (χ4v) is 2.16. The minimum atomic E-state index is -1.62. The van der Waals surface area contributed by atoms with Crippen molar-refractivity contribution in [1.82, 2.24) is 0 Å². The van der Waals surface area contributed by atoms with Gasteiger partial charge >= 0.3 is 11.5 Å². The first kappa shape index (κ1) is 14.3. The number of aromatic hydroxyl groups is 3. The molecule has 0 aromatic heterocycles. The number of nitro groups is 1. The Kier molecular flexibility index (Phi) is 3.05. The van der Waals surface area contributed by atoms with Crippen molar-refractivity contribution in [3.63, 3.8) is 0 Å². The van der Waals surface area contributed by atoms with Gasteiger partial charge in [-0.2, -0.15) is 0 Å². The van der Waals surface area contributed by atoms with E-state index >= 15 is 0 Å². The molecule has 0 radical (unpaired) electrons. The molecule has 0 saturated carbocycles. The second-order valence-electron chi connectivity index (χ2n) is 4.24. The Balaban J connectivity index is 3.01. The normalized spacial score (nSPS) is 14.3. The molecule has 1 aliphatic rings. The van der Waals surface area contributed by atoms with Crippen molar-refractivity contribution >= 4 is 17.3 Å². The summed E-state index contributed by atoms with van der Waals surface area (Å²) in [6, 6.07) is 0. The molecular formula is C12H9NO8. The number of phenolic OH excluding ortho intramolecular Hbond substituents is 3. The first-order chi connectivity index (χ1) is 9.73. The van der Waals surface area contributed by atoms with Crippen molar-refractivity contribution in [3.8, 4) is 17.2 Å². The molecule has 0 fully saturated rings. The van der Waals surface area contributed by atoms with E-state index in [0.717, 1.165) is 0 Å². The number of fused-ring (bicyclic) bond motifs is 1. The van der Waals surface area contributed by atoms with E-state index in [1.807, 2.05) is 0 Å². The van der Waals surface area contributed by atoms with Crippen LogP contribution in [0.4, 0.5) is 0 Å². The van der Waals surface area contributed by atoms with Crippen LogP contribution in [-0.4, -0.2) is 36.9 Å². The average molecular weight is 295 g/mol. The molecule has 0 bridgehead atoms. The van der Waals surface area contributed by atoms with Crippen LogP contribution < -0.4 is 0 Å². The number of nitrogens with zero attached hydrogens (tertiary/aromatic N) is 1. The van der Waals surface area contributed by atoms with Crippen molar-refractivity contribution in [1.29, 1.82) is 0 Å². The Morgan fingerprint density at radius 1 is 0.952 bits per heavy atom. The quantitative estimate of drug-likeness (QED) is 0.203. The van der Waals surface area contributed by atoms with Crippen LogP contribution in [0.15, 0.2) is 5.70 Å². The highest BCUT2D eigenvalue weighted by Gasteiger charge is 2.45. The molecule has 1 aliphatic carbocycles. The van der Waals surface area contributed by atoms with E-state index in [4.69, 9.17) is 0 Å². The largest absolute Gasteiger partial charge is 0.507 e. The highest BCUT2D eigenvalue weighted by molar-refractivity contribution is 6.52. The standard InChI is InChI=1S/C12H9NO8/c1-2-3-7(14)4-5(10(17)8(3)15)9(16)6(13(20)21)12(19)11(4)18/h14-17H,2H2,1H3. The number of phenols is 3.